The van der Waals surface area contributed by atoms with Crippen LogP contribution < -0.4 is 0 Å². The van der Waals surface area contributed by atoms with Crippen molar-refractivity contribution in [1.29, 1.82) is 0 Å². The van der Waals surface area contributed by atoms with Gasteiger partial charge in [0.25, 0.3) is 10.0 Å². The number of hydrogen-bond acceptors (Lipinski definition) is 5. The van der Waals surface area contributed by atoms with Gasteiger partial charge >= 0.3 is 0 Å². The molecule has 0 radical (unpaired) electrons. The zero-order valence-electron chi connectivity index (χ0n) is 8.51. The number of rotatable bonds is 2. The summed E-state index contributed by atoms with van der Waals surface area (Å²) in [5.41, 5.74) is 0. The molecule has 5 nitrogen and oxygen atoms in total. The molecule has 7 heteroatoms. The molecule has 2 heterocycles. The van der Waals surface area contributed by atoms with Gasteiger partial charge in [0.05, 0.1) is 0 Å². The molecule has 0 amide bonds. The van der Waals surface area contributed by atoms with Crippen LogP contribution in [0.25, 0.3) is 0 Å². The second-order valence-electron chi connectivity index (χ2n) is 3.55. The summed E-state index contributed by atoms with van der Waals surface area (Å²) in [5.74, 6) is 0. The molecule has 0 N–H and O–H groups in total. The monoisotopic (exact) mass is 247 g/mol. The Balaban J connectivity index is 2.26. The van der Waals surface area contributed by atoms with Gasteiger partial charge in [-0.2, -0.15) is 4.31 Å². The van der Waals surface area contributed by atoms with Crippen molar-refractivity contribution < 1.29 is 8.42 Å². The third kappa shape index (κ3) is 2.19. The molecule has 0 spiro atoms. The van der Waals surface area contributed by atoms with Crippen molar-refractivity contribution in [2.24, 2.45) is 0 Å². The maximum Gasteiger partial charge on any atom is 0.272 e. The minimum atomic E-state index is -3.36. The van der Waals surface area contributed by atoms with Crippen LogP contribution in [0.5, 0.6) is 0 Å². The molecule has 0 atom stereocenters. The van der Waals surface area contributed by atoms with Gasteiger partial charge in [-0.25, -0.2) is 8.42 Å². The lowest BCUT2D eigenvalue weighted by Crippen LogP contribution is -2.35. The molecule has 1 aliphatic heterocycles. The minimum Gasteiger partial charge on any atom is -0.204 e. The first-order valence-corrected chi connectivity index (χ1v) is 7.16. The summed E-state index contributed by atoms with van der Waals surface area (Å²) in [7, 11) is -3.36. The average molecular weight is 247 g/mol. The number of sulfonamides is 1. The van der Waals surface area contributed by atoms with Crippen molar-refractivity contribution in [3.8, 4) is 0 Å². The smallest absolute Gasteiger partial charge is 0.204 e. The van der Waals surface area contributed by atoms with Gasteiger partial charge in [-0.3, -0.25) is 0 Å². The van der Waals surface area contributed by atoms with E-state index in [2.05, 4.69) is 10.2 Å². The van der Waals surface area contributed by atoms with E-state index in [0.717, 1.165) is 30.6 Å². The van der Waals surface area contributed by atoms with Gasteiger partial charge in [0.15, 0.2) is 0 Å². The van der Waals surface area contributed by atoms with Gasteiger partial charge in [-0.05, 0) is 19.8 Å². The molecule has 1 fully saturated rings. The first-order valence-electron chi connectivity index (χ1n) is 4.91. The van der Waals surface area contributed by atoms with E-state index in [0.29, 0.717) is 18.1 Å². The van der Waals surface area contributed by atoms with Crippen molar-refractivity contribution >= 4 is 21.4 Å². The van der Waals surface area contributed by atoms with E-state index in [4.69, 9.17) is 0 Å². The van der Waals surface area contributed by atoms with E-state index >= 15 is 0 Å². The van der Waals surface area contributed by atoms with Crippen LogP contribution in [0.3, 0.4) is 0 Å². The Morgan fingerprint density at radius 2 is 1.87 bits per heavy atom. The number of aryl methyl sites for hydroxylation is 1. The fraction of sp³-hybridized carbons (Fsp3) is 0.750. The van der Waals surface area contributed by atoms with Crippen LogP contribution in [0.1, 0.15) is 24.3 Å². The molecule has 1 aliphatic rings. The molecule has 1 aromatic heterocycles. The molecule has 0 aliphatic carbocycles. The number of piperidine rings is 1. The van der Waals surface area contributed by atoms with Gasteiger partial charge in [0.2, 0.25) is 4.34 Å². The van der Waals surface area contributed by atoms with Crippen molar-refractivity contribution in [3.63, 3.8) is 0 Å². The largest absolute Gasteiger partial charge is 0.272 e. The molecule has 0 saturated carbocycles. The van der Waals surface area contributed by atoms with Crippen LogP contribution in [-0.2, 0) is 10.0 Å². The van der Waals surface area contributed by atoms with Gasteiger partial charge < -0.3 is 0 Å². The van der Waals surface area contributed by atoms with Gasteiger partial charge in [-0.15, -0.1) is 10.2 Å². The van der Waals surface area contributed by atoms with Crippen LogP contribution in [0.15, 0.2) is 4.34 Å². The summed E-state index contributed by atoms with van der Waals surface area (Å²) >= 11 is 1.14. The normalized spacial score (nSPS) is 19.3. The molecule has 0 unspecified atom stereocenters. The maximum atomic E-state index is 12.0. The summed E-state index contributed by atoms with van der Waals surface area (Å²) in [5, 5.41) is 8.13. The van der Waals surface area contributed by atoms with E-state index in [9.17, 15) is 8.42 Å². The lowest BCUT2D eigenvalue weighted by Gasteiger charge is -2.24. The second kappa shape index (κ2) is 4.15. The van der Waals surface area contributed by atoms with Crippen molar-refractivity contribution in [2.75, 3.05) is 13.1 Å². The van der Waals surface area contributed by atoms with Gasteiger partial charge in [-0.1, -0.05) is 17.8 Å². The van der Waals surface area contributed by atoms with E-state index in [1.165, 1.54) is 4.31 Å². The third-order valence-corrected chi connectivity index (χ3v) is 5.47. The first kappa shape index (κ1) is 11.0. The average Bonchev–Trinajstić information content (AvgIpc) is 2.67. The lowest BCUT2D eigenvalue weighted by molar-refractivity contribution is 0.346. The third-order valence-electron chi connectivity index (χ3n) is 2.38. The summed E-state index contributed by atoms with van der Waals surface area (Å²) in [6.45, 7) is 2.98. The molecular weight excluding hydrogens is 234 g/mol. The molecule has 15 heavy (non-hydrogen) atoms. The van der Waals surface area contributed by atoms with Crippen LogP contribution in [-0.4, -0.2) is 36.0 Å². The fourth-order valence-corrected chi connectivity index (χ4v) is 4.22. The zero-order valence-corrected chi connectivity index (χ0v) is 10.1. The van der Waals surface area contributed by atoms with Gasteiger partial charge in [0.1, 0.15) is 5.01 Å². The molecule has 1 aromatic rings. The number of aromatic nitrogens is 2. The van der Waals surface area contributed by atoms with Gasteiger partial charge in [0, 0.05) is 13.1 Å². The zero-order chi connectivity index (χ0) is 10.9. The highest BCUT2D eigenvalue weighted by Crippen LogP contribution is 2.22. The Kier molecular flexibility index (Phi) is 3.03. The highest BCUT2D eigenvalue weighted by Gasteiger charge is 2.28. The van der Waals surface area contributed by atoms with Crippen LogP contribution in [0.2, 0.25) is 0 Å². The van der Waals surface area contributed by atoms with Crippen molar-refractivity contribution in [1.82, 2.24) is 14.5 Å². The summed E-state index contributed by atoms with van der Waals surface area (Å²) < 4.78 is 25.7. The van der Waals surface area contributed by atoms with Crippen molar-refractivity contribution in [2.45, 2.75) is 30.5 Å². The highest BCUT2D eigenvalue weighted by atomic mass is 32.2. The predicted octanol–water partition coefficient (Wildman–Crippen LogP) is 1.02. The quantitative estimate of drug-likeness (QED) is 0.782. The molecule has 0 aromatic carbocycles. The maximum absolute atomic E-state index is 12.0. The standard InChI is InChI=1S/C8H13N3O2S2/c1-7-9-10-8(14-7)15(12,13)11-5-3-2-4-6-11/h2-6H2,1H3. The second-order valence-corrected chi connectivity index (χ2v) is 6.85. The Morgan fingerprint density at radius 3 is 2.40 bits per heavy atom. The summed E-state index contributed by atoms with van der Waals surface area (Å²) in [4.78, 5) is 0. The predicted molar refractivity (Wildman–Crippen MR) is 57.3 cm³/mol. The van der Waals surface area contributed by atoms with Crippen molar-refractivity contribution in [3.05, 3.63) is 5.01 Å². The first-order chi connectivity index (χ1) is 7.10. The fourth-order valence-electron chi connectivity index (χ4n) is 1.60. The Morgan fingerprint density at radius 1 is 1.20 bits per heavy atom. The molecule has 2 rings (SSSR count). The Hall–Kier alpha value is -0.530. The SMILES string of the molecule is Cc1nnc(S(=O)(=O)N2CCCCC2)s1. The highest BCUT2D eigenvalue weighted by molar-refractivity contribution is 7.91. The van der Waals surface area contributed by atoms with E-state index < -0.39 is 10.0 Å². The Labute approximate surface area is 93.2 Å². The molecule has 0 bridgehead atoms. The molecular formula is C8H13N3O2S2. The van der Waals surface area contributed by atoms with E-state index in [-0.39, 0.29) is 4.34 Å². The van der Waals surface area contributed by atoms with E-state index in [1.807, 2.05) is 0 Å². The minimum absolute atomic E-state index is 0.127. The van der Waals surface area contributed by atoms with Crippen LogP contribution >= 0.6 is 11.3 Å². The van der Waals surface area contributed by atoms with Crippen LogP contribution in [0.4, 0.5) is 0 Å². The number of nitrogens with zero attached hydrogens (tertiary/aromatic N) is 3. The molecule has 84 valence electrons. The summed E-state index contributed by atoms with van der Waals surface area (Å²) in [6.07, 6.45) is 3.00. The number of hydrogen-bond donors (Lipinski definition) is 0. The molecule has 1 saturated heterocycles. The Bertz CT molecular complexity index is 434. The van der Waals surface area contributed by atoms with E-state index in [1.54, 1.807) is 6.92 Å². The lowest BCUT2D eigenvalue weighted by atomic mass is 10.2. The topological polar surface area (TPSA) is 63.2 Å². The van der Waals surface area contributed by atoms with Crippen LogP contribution in [0, 0.1) is 6.92 Å². The summed E-state index contributed by atoms with van der Waals surface area (Å²) in [6, 6.07) is 0.